The number of nitrogens with two attached hydrogens (primary N) is 1. The molecule has 1 aromatic carbocycles. The van der Waals surface area contributed by atoms with Crippen LogP contribution in [0.5, 0.6) is 5.75 Å². The normalized spacial score (nSPS) is 10.7. The Morgan fingerprint density at radius 1 is 1.19 bits per heavy atom. The second-order valence-corrected chi connectivity index (χ2v) is 5.53. The van der Waals surface area contributed by atoms with Crippen LogP contribution in [0.2, 0.25) is 0 Å². The van der Waals surface area contributed by atoms with Crippen LogP contribution in [-0.2, 0) is 13.1 Å². The van der Waals surface area contributed by atoms with Gasteiger partial charge in [0.1, 0.15) is 18.2 Å². The Morgan fingerprint density at radius 2 is 2.10 bits per heavy atom. The number of para-hydroxylation sites is 1. The SMILES string of the molecule is NCc1ccccc1OCCn1ccnc1-c1cccs1. The van der Waals surface area contributed by atoms with Gasteiger partial charge in [0.2, 0.25) is 0 Å². The van der Waals surface area contributed by atoms with E-state index in [2.05, 4.69) is 21.0 Å². The topological polar surface area (TPSA) is 53.1 Å². The predicted octanol–water partition coefficient (Wildman–Crippen LogP) is 3.15. The van der Waals surface area contributed by atoms with Crippen LogP contribution in [0.1, 0.15) is 5.56 Å². The van der Waals surface area contributed by atoms with Gasteiger partial charge >= 0.3 is 0 Å². The summed E-state index contributed by atoms with van der Waals surface area (Å²) in [7, 11) is 0. The van der Waals surface area contributed by atoms with E-state index in [0.717, 1.165) is 23.7 Å². The maximum atomic E-state index is 5.85. The number of nitrogens with zero attached hydrogens (tertiary/aromatic N) is 2. The van der Waals surface area contributed by atoms with Gasteiger partial charge in [-0.25, -0.2) is 4.98 Å². The van der Waals surface area contributed by atoms with Crippen LogP contribution in [0, 0.1) is 0 Å². The first kappa shape index (κ1) is 13.9. The minimum atomic E-state index is 0.488. The molecule has 0 saturated carbocycles. The van der Waals surface area contributed by atoms with Crippen molar-refractivity contribution < 1.29 is 4.74 Å². The van der Waals surface area contributed by atoms with Crippen LogP contribution in [0.15, 0.2) is 54.2 Å². The molecule has 0 aliphatic rings. The summed E-state index contributed by atoms with van der Waals surface area (Å²) in [4.78, 5) is 5.58. The van der Waals surface area contributed by atoms with Gasteiger partial charge in [-0.1, -0.05) is 24.3 Å². The highest BCUT2D eigenvalue weighted by Gasteiger charge is 2.07. The van der Waals surface area contributed by atoms with Crippen molar-refractivity contribution in [3.8, 4) is 16.5 Å². The summed E-state index contributed by atoms with van der Waals surface area (Å²) in [6, 6.07) is 12.0. The van der Waals surface area contributed by atoms with E-state index < -0.39 is 0 Å². The largest absolute Gasteiger partial charge is 0.491 e. The lowest BCUT2D eigenvalue weighted by Gasteiger charge is -2.11. The van der Waals surface area contributed by atoms with Crippen LogP contribution in [0.4, 0.5) is 0 Å². The zero-order valence-corrected chi connectivity index (χ0v) is 12.4. The Morgan fingerprint density at radius 3 is 2.90 bits per heavy atom. The molecule has 0 spiro atoms. The number of rotatable bonds is 6. The first-order chi connectivity index (χ1) is 10.4. The summed E-state index contributed by atoms with van der Waals surface area (Å²) in [5.74, 6) is 1.85. The van der Waals surface area contributed by atoms with Crippen molar-refractivity contribution in [3.63, 3.8) is 0 Å². The average Bonchev–Trinajstić information content (AvgIpc) is 3.18. The lowest BCUT2D eigenvalue weighted by Crippen LogP contribution is -2.10. The predicted molar refractivity (Wildman–Crippen MR) is 85.4 cm³/mol. The molecule has 0 saturated heterocycles. The summed E-state index contributed by atoms with van der Waals surface area (Å²) >= 11 is 1.69. The molecule has 21 heavy (non-hydrogen) atoms. The summed E-state index contributed by atoms with van der Waals surface area (Å²) in [6.07, 6.45) is 3.80. The average molecular weight is 299 g/mol. The van der Waals surface area contributed by atoms with Gasteiger partial charge in [-0.15, -0.1) is 11.3 Å². The second-order valence-electron chi connectivity index (χ2n) is 4.58. The van der Waals surface area contributed by atoms with Crippen molar-refractivity contribution in [1.29, 1.82) is 0 Å². The monoisotopic (exact) mass is 299 g/mol. The first-order valence-electron chi connectivity index (χ1n) is 6.84. The lowest BCUT2D eigenvalue weighted by molar-refractivity contribution is 0.296. The number of hydrogen-bond acceptors (Lipinski definition) is 4. The molecule has 0 aliphatic carbocycles. The third kappa shape index (κ3) is 3.15. The molecule has 2 heterocycles. The Balaban J connectivity index is 1.65. The minimum Gasteiger partial charge on any atom is -0.491 e. The Labute approximate surface area is 127 Å². The highest BCUT2D eigenvalue weighted by molar-refractivity contribution is 7.13. The Bertz CT molecular complexity index is 691. The first-order valence-corrected chi connectivity index (χ1v) is 7.72. The van der Waals surface area contributed by atoms with Crippen molar-refractivity contribution in [3.05, 3.63) is 59.7 Å². The molecular weight excluding hydrogens is 282 g/mol. The van der Waals surface area contributed by atoms with Crippen molar-refractivity contribution in [2.45, 2.75) is 13.1 Å². The van der Waals surface area contributed by atoms with E-state index in [1.54, 1.807) is 11.3 Å². The van der Waals surface area contributed by atoms with Gasteiger partial charge < -0.3 is 15.0 Å². The third-order valence-corrected chi connectivity index (χ3v) is 4.11. The molecule has 0 unspecified atom stereocenters. The van der Waals surface area contributed by atoms with Gasteiger partial charge in [0.05, 0.1) is 11.4 Å². The molecule has 2 aromatic heterocycles. The summed E-state index contributed by atoms with van der Waals surface area (Å²) < 4.78 is 7.96. The fourth-order valence-corrected chi connectivity index (χ4v) is 2.92. The van der Waals surface area contributed by atoms with Crippen LogP contribution >= 0.6 is 11.3 Å². The molecular formula is C16H17N3OS. The number of ether oxygens (including phenoxy) is 1. The van der Waals surface area contributed by atoms with Gasteiger partial charge in [0.25, 0.3) is 0 Å². The van der Waals surface area contributed by atoms with E-state index >= 15 is 0 Å². The molecule has 3 aromatic rings. The molecule has 0 amide bonds. The number of thiophene rings is 1. The number of imidazole rings is 1. The van der Waals surface area contributed by atoms with Crippen LogP contribution in [0.25, 0.3) is 10.7 Å². The number of hydrogen-bond donors (Lipinski definition) is 1. The fraction of sp³-hybridized carbons (Fsp3) is 0.188. The van der Waals surface area contributed by atoms with E-state index in [1.165, 1.54) is 4.88 Å². The van der Waals surface area contributed by atoms with E-state index in [4.69, 9.17) is 10.5 Å². The van der Waals surface area contributed by atoms with Crippen molar-refractivity contribution >= 4 is 11.3 Å². The zero-order chi connectivity index (χ0) is 14.5. The van der Waals surface area contributed by atoms with Gasteiger partial charge in [-0.05, 0) is 17.5 Å². The van der Waals surface area contributed by atoms with Gasteiger partial charge in [-0.3, -0.25) is 0 Å². The van der Waals surface area contributed by atoms with Crippen molar-refractivity contribution in [2.75, 3.05) is 6.61 Å². The molecule has 0 aliphatic heterocycles. The quantitative estimate of drug-likeness (QED) is 0.760. The van der Waals surface area contributed by atoms with E-state index in [9.17, 15) is 0 Å². The van der Waals surface area contributed by atoms with Crippen LogP contribution in [-0.4, -0.2) is 16.2 Å². The summed E-state index contributed by atoms with van der Waals surface area (Å²) in [5.41, 5.74) is 6.74. The highest BCUT2D eigenvalue weighted by atomic mass is 32.1. The number of benzene rings is 1. The van der Waals surface area contributed by atoms with Crippen LogP contribution in [0.3, 0.4) is 0 Å². The minimum absolute atomic E-state index is 0.488. The molecule has 0 atom stereocenters. The molecule has 108 valence electrons. The fourth-order valence-electron chi connectivity index (χ4n) is 2.19. The van der Waals surface area contributed by atoms with Gasteiger partial charge in [0.15, 0.2) is 0 Å². The number of aromatic nitrogens is 2. The van der Waals surface area contributed by atoms with Crippen LogP contribution < -0.4 is 10.5 Å². The second kappa shape index (κ2) is 6.56. The Hall–Kier alpha value is -2.11. The molecule has 4 nitrogen and oxygen atoms in total. The third-order valence-electron chi connectivity index (χ3n) is 3.24. The molecule has 2 N–H and O–H groups in total. The van der Waals surface area contributed by atoms with Crippen molar-refractivity contribution in [2.24, 2.45) is 5.73 Å². The maximum absolute atomic E-state index is 5.85. The Kier molecular flexibility index (Phi) is 4.33. The highest BCUT2D eigenvalue weighted by Crippen LogP contribution is 2.23. The molecule has 0 radical (unpaired) electrons. The molecule has 0 bridgehead atoms. The molecule has 3 rings (SSSR count). The van der Waals surface area contributed by atoms with Crippen molar-refractivity contribution in [1.82, 2.24) is 9.55 Å². The summed E-state index contributed by atoms with van der Waals surface area (Å²) in [6.45, 7) is 1.83. The van der Waals surface area contributed by atoms with Gasteiger partial charge in [-0.2, -0.15) is 0 Å². The van der Waals surface area contributed by atoms with Gasteiger partial charge in [0, 0.05) is 24.5 Å². The van der Waals surface area contributed by atoms with E-state index in [1.807, 2.05) is 42.7 Å². The smallest absolute Gasteiger partial charge is 0.150 e. The maximum Gasteiger partial charge on any atom is 0.150 e. The van der Waals surface area contributed by atoms with E-state index in [-0.39, 0.29) is 0 Å². The molecule has 5 heteroatoms. The lowest BCUT2D eigenvalue weighted by atomic mass is 10.2. The molecule has 0 fully saturated rings. The standard InChI is InChI=1S/C16H17N3OS/c17-12-13-4-1-2-5-14(13)20-10-9-19-8-7-18-16(19)15-6-3-11-21-15/h1-8,11H,9-10,12,17H2. The van der Waals surface area contributed by atoms with E-state index in [0.29, 0.717) is 13.2 Å². The summed E-state index contributed by atoms with van der Waals surface area (Å²) in [5, 5.41) is 2.06. The zero-order valence-electron chi connectivity index (χ0n) is 11.6.